The van der Waals surface area contributed by atoms with Gasteiger partial charge in [-0.05, 0) is 43.5 Å². The average molecular weight is 390 g/mol. The Kier molecular flexibility index (Phi) is 5.16. The van der Waals surface area contributed by atoms with E-state index in [-0.39, 0.29) is 18.5 Å². The summed E-state index contributed by atoms with van der Waals surface area (Å²) in [5, 5.41) is 1.29. The standard InChI is InChI=1S/C19H20ClN3O2S/c1-4-14-16(12-5-6-13(20)10(2)9-12)17-18(26-14)22-11(3)23(19(17)25)8-7-15(21)24/h5-6,9H,4,7-8H2,1-3H3,(H2,21,24). The van der Waals surface area contributed by atoms with Gasteiger partial charge in [-0.15, -0.1) is 11.3 Å². The Bertz CT molecular complexity index is 1070. The smallest absolute Gasteiger partial charge is 0.262 e. The third kappa shape index (κ3) is 3.27. The molecule has 0 radical (unpaired) electrons. The maximum Gasteiger partial charge on any atom is 0.262 e. The summed E-state index contributed by atoms with van der Waals surface area (Å²) in [6.07, 6.45) is 0.909. The number of fused-ring (bicyclic) bond motifs is 1. The third-order valence-electron chi connectivity index (χ3n) is 4.43. The molecule has 0 aliphatic heterocycles. The maximum atomic E-state index is 13.2. The van der Waals surface area contributed by atoms with Crippen LogP contribution in [0.25, 0.3) is 21.3 Å². The summed E-state index contributed by atoms with van der Waals surface area (Å²) in [5.74, 6) is 0.149. The van der Waals surface area contributed by atoms with E-state index in [0.717, 1.165) is 32.8 Å². The lowest BCUT2D eigenvalue weighted by Gasteiger charge is -2.10. The Morgan fingerprint density at radius 3 is 2.69 bits per heavy atom. The second-order valence-corrected chi connectivity index (χ2v) is 7.72. The molecule has 0 saturated carbocycles. The zero-order valence-electron chi connectivity index (χ0n) is 14.9. The Morgan fingerprint density at radius 2 is 2.08 bits per heavy atom. The highest BCUT2D eigenvalue weighted by atomic mass is 35.5. The molecule has 26 heavy (non-hydrogen) atoms. The van der Waals surface area contributed by atoms with E-state index in [1.54, 1.807) is 18.3 Å². The number of halogens is 1. The maximum absolute atomic E-state index is 13.2. The highest BCUT2D eigenvalue weighted by Gasteiger charge is 2.20. The fraction of sp³-hybridized carbons (Fsp3) is 0.316. The fourth-order valence-corrected chi connectivity index (χ4v) is 4.36. The predicted molar refractivity (Wildman–Crippen MR) is 107 cm³/mol. The molecular weight excluding hydrogens is 370 g/mol. The van der Waals surface area contributed by atoms with Crippen LogP contribution in [0.4, 0.5) is 0 Å². The molecule has 1 aromatic carbocycles. The van der Waals surface area contributed by atoms with Gasteiger partial charge in [0, 0.05) is 28.4 Å². The molecule has 1 amide bonds. The summed E-state index contributed by atoms with van der Waals surface area (Å²) in [6.45, 7) is 6.02. The van der Waals surface area contributed by atoms with Crippen molar-refractivity contribution in [1.29, 1.82) is 0 Å². The van der Waals surface area contributed by atoms with Crippen LogP contribution in [0.3, 0.4) is 0 Å². The van der Waals surface area contributed by atoms with Crippen molar-refractivity contribution in [2.75, 3.05) is 0 Å². The van der Waals surface area contributed by atoms with Gasteiger partial charge in [-0.25, -0.2) is 4.98 Å². The number of amides is 1. The van der Waals surface area contributed by atoms with Gasteiger partial charge in [0.15, 0.2) is 0 Å². The molecule has 2 heterocycles. The molecule has 0 aliphatic rings. The van der Waals surface area contributed by atoms with Crippen LogP contribution in [0.1, 0.15) is 29.6 Å². The molecule has 136 valence electrons. The van der Waals surface area contributed by atoms with Gasteiger partial charge < -0.3 is 5.73 Å². The summed E-state index contributed by atoms with van der Waals surface area (Å²) in [4.78, 5) is 30.8. The lowest BCUT2D eigenvalue weighted by Crippen LogP contribution is -2.26. The summed E-state index contributed by atoms with van der Waals surface area (Å²) < 4.78 is 1.53. The quantitative estimate of drug-likeness (QED) is 0.720. The minimum Gasteiger partial charge on any atom is -0.370 e. The van der Waals surface area contributed by atoms with Gasteiger partial charge in [0.1, 0.15) is 10.7 Å². The Balaban J connectivity index is 2.30. The van der Waals surface area contributed by atoms with Gasteiger partial charge in [-0.1, -0.05) is 24.6 Å². The molecule has 0 saturated heterocycles. The second kappa shape index (κ2) is 7.21. The van der Waals surface area contributed by atoms with Crippen molar-refractivity contribution in [2.45, 2.75) is 40.2 Å². The Morgan fingerprint density at radius 1 is 1.35 bits per heavy atom. The van der Waals surface area contributed by atoms with Gasteiger partial charge in [-0.3, -0.25) is 14.2 Å². The van der Waals surface area contributed by atoms with Crippen LogP contribution in [0.5, 0.6) is 0 Å². The van der Waals surface area contributed by atoms with E-state index in [1.807, 2.05) is 25.1 Å². The van der Waals surface area contributed by atoms with Gasteiger partial charge >= 0.3 is 0 Å². The Hall–Kier alpha value is -2.18. The first-order chi connectivity index (χ1) is 12.3. The summed E-state index contributed by atoms with van der Waals surface area (Å²) in [5.41, 5.74) is 7.94. The first kappa shape index (κ1) is 18.6. The third-order valence-corrected chi connectivity index (χ3v) is 6.08. The number of primary amides is 1. The van der Waals surface area contributed by atoms with Crippen molar-refractivity contribution in [3.63, 3.8) is 0 Å². The monoisotopic (exact) mass is 389 g/mol. The molecule has 2 aromatic heterocycles. The van der Waals surface area contributed by atoms with Crippen LogP contribution in [0, 0.1) is 13.8 Å². The number of hydrogen-bond donors (Lipinski definition) is 1. The van der Waals surface area contributed by atoms with Gasteiger partial charge in [0.25, 0.3) is 5.56 Å². The zero-order chi connectivity index (χ0) is 19.0. The van der Waals surface area contributed by atoms with Crippen molar-refractivity contribution in [1.82, 2.24) is 9.55 Å². The van der Waals surface area contributed by atoms with Crippen molar-refractivity contribution in [3.8, 4) is 11.1 Å². The number of aryl methyl sites for hydroxylation is 3. The highest BCUT2D eigenvalue weighted by molar-refractivity contribution is 7.19. The van der Waals surface area contributed by atoms with Gasteiger partial charge in [0.05, 0.1) is 5.39 Å². The van der Waals surface area contributed by atoms with E-state index < -0.39 is 5.91 Å². The molecule has 3 aromatic rings. The molecule has 0 bridgehead atoms. The topological polar surface area (TPSA) is 78.0 Å². The molecule has 5 nitrogen and oxygen atoms in total. The molecule has 0 atom stereocenters. The molecule has 0 aliphatic carbocycles. The van der Waals surface area contributed by atoms with Crippen molar-refractivity contribution < 1.29 is 4.79 Å². The van der Waals surface area contributed by atoms with Crippen molar-refractivity contribution >= 4 is 39.1 Å². The van der Waals surface area contributed by atoms with E-state index in [4.69, 9.17) is 17.3 Å². The van der Waals surface area contributed by atoms with Crippen LogP contribution < -0.4 is 11.3 Å². The van der Waals surface area contributed by atoms with Crippen LogP contribution in [-0.2, 0) is 17.8 Å². The van der Waals surface area contributed by atoms with Crippen LogP contribution in [-0.4, -0.2) is 15.5 Å². The SMILES string of the molecule is CCc1sc2nc(C)n(CCC(N)=O)c(=O)c2c1-c1ccc(Cl)c(C)c1. The van der Waals surface area contributed by atoms with Crippen molar-refractivity contribution in [2.24, 2.45) is 5.73 Å². The van der Waals surface area contributed by atoms with Crippen LogP contribution >= 0.6 is 22.9 Å². The fourth-order valence-electron chi connectivity index (χ4n) is 3.07. The number of benzene rings is 1. The van der Waals surface area contributed by atoms with Gasteiger partial charge in [-0.2, -0.15) is 0 Å². The number of carbonyl (C=O) groups is 1. The number of nitrogens with two attached hydrogens (primary N) is 1. The summed E-state index contributed by atoms with van der Waals surface area (Å²) in [7, 11) is 0. The summed E-state index contributed by atoms with van der Waals surface area (Å²) >= 11 is 7.70. The van der Waals surface area contributed by atoms with E-state index in [1.165, 1.54) is 4.57 Å². The number of aromatic nitrogens is 2. The van der Waals surface area contributed by atoms with E-state index in [2.05, 4.69) is 11.9 Å². The normalized spacial score (nSPS) is 11.2. The van der Waals surface area contributed by atoms with E-state index in [9.17, 15) is 9.59 Å². The van der Waals surface area contributed by atoms with Crippen molar-refractivity contribution in [3.05, 3.63) is 49.8 Å². The minimum atomic E-state index is -0.440. The second-order valence-electron chi connectivity index (χ2n) is 6.23. The number of hydrogen-bond acceptors (Lipinski definition) is 4. The first-order valence-corrected chi connectivity index (χ1v) is 9.60. The molecule has 7 heteroatoms. The largest absolute Gasteiger partial charge is 0.370 e. The molecule has 2 N–H and O–H groups in total. The molecule has 3 rings (SSSR count). The lowest BCUT2D eigenvalue weighted by molar-refractivity contribution is -0.118. The van der Waals surface area contributed by atoms with E-state index >= 15 is 0 Å². The zero-order valence-corrected chi connectivity index (χ0v) is 16.5. The van der Waals surface area contributed by atoms with Crippen LogP contribution in [0.15, 0.2) is 23.0 Å². The number of carbonyl (C=O) groups excluding carboxylic acids is 1. The first-order valence-electron chi connectivity index (χ1n) is 8.41. The van der Waals surface area contributed by atoms with Crippen LogP contribution in [0.2, 0.25) is 5.02 Å². The molecule has 0 fully saturated rings. The number of thiophene rings is 1. The highest BCUT2D eigenvalue weighted by Crippen LogP contribution is 2.37. The number of nitrogens with zero attached hydrogens (tertiary/aromatic N) is 2. The molecule has 0 spiro atoms. The predicted octanol–water partition coefficient (Wildman–Crippen LogP) is 3.83. The summed E-state index contributed by atoms with van der Waals surface area (Å²) in [6, 6.07) is 5.78. The molecular formula is C19H20ClN3O2S. The average Bonchev–Trinajstić information content (AvgIpc) is 2.95. The molecule has 0 unspecified atom stereocenters. The lowest BCUT2D eigenvalue weighted by atomic mass is 10.0. The van der Waals surface area contributed by atoms with Gasteiger partial charge in [0.2, 0.25) is 5.91 Å². The Labute approximate surface area is 160 Å². The van der Waals surface area contributed by atoms with E-state index in [0.29, 0.717) is 16.2 Å². The number of rotatable bonds is 5. The minimum absolute atomic E-state index is 0.105.